The van der Waals surface area contributed by atoms with Gasteiger partial charge in [0.25, 0.3) is 5.69 Å². The smallest absolute Gasteiger partial charge is 0.343 e. The van der Waals surface area contributed by atoms with Crippen LogP contribution >= 0.6 is 15.9 Å². The van der Waals surface area contributed by atoms with Gasteiger partial charge in [0, 0.05) is 27.7 Å². The van der Waals surface area contributed by atoms with Crippen LogP contribution in [0.25, 0.3) is 0 Å². The van der Waals surface area contributed by atoms with E-state index >= 15 is 0 Å². The topological polar surface area (TPSA) is 107 Å². The zero-order valence-electron chi connectivity index (χ0n) is 14.8. The second-order valence-electron chi connectivity index (χ2n) is 6.03. The molecular formula is C21H14BrNO6. The third-order valence-corrected chi connectivity index (χ3v) is 4.60. The van der Waals surface area contributed by atoms with Crippen LogP contribution in [0, 0.1) is 10.1 Å². The minimum Gasteiger partial charge on any atom is -0.507 e. The number of Topliss-reactive ketones (excluding diaryl/α,β-unsaturated/α-hetero) is 1. The van der Waals surface area contributed by atoms with Gasteiger partial charge in [-0.1, -0.05) is 46.3 Å². The summed E-state index contributed by atoms with van der Waals surface area (Å²) >= 11 is 3.21. The monoisotopic (exact) mass is 455 g/mol. The molecule has 0 saturated heterocycles. The van der Waals surface area contributed by atoms with Crippen LogP contribution in [0.2, 0.25) is 0 Å². The maximum absolute atomic E-state index is 13.0. The van der Waals surface area contributed by atoms with Crippen molar-refractivity contribution in [2.45, 2.75) is 6.10 Å². The number of nitro benzene ring substituents is 1. The largest absolute Gasteiger partial charge is 0.507 e. The Balaban J connectivity index is 1.98. The maximum atomic E-state index is 13.0. The fourth-order valence-electron chi connectivity index (χ4n) is 2.64. The Morgan fingerprint density at radius 3 is 2.28 bits per heavy atom. The molecule has 1 unspecified atom stereocenters. The van der Waals surface area contributed by atoms with Gasteiger partial charge in [0.2, 0.25) is 5.78 Å². The molecule has 0 heterocycles. The number of aromatic hydroxyl groups is 1. The lowest BCUT2D eigenvalue weighted by molar-refractivity contribution is -0.384. The summed E-state index contributed by atoms with van der Waals surface area (Å²) in [5.74, 6) is -1.70. The van der Waals surface area contributed by atoms with E-state index in [9.17, 15) is 24.8 Å². The van der Waals surface area contributed by atoms with Gasteiger partial charge in [-0.2, -0.15) is 0 Å². The molecule has 0 aliphatic carbocycles. The number of hydrogen-bond acceptors (Lipinski definition) is 6. The second-order valence-corrected chi connectivity index (χ2v) is 6.94. The zero-order chi connectivity index (χ0) is 21.0. The molecule has 0 aliphatic rings. The number of halogens is 1. The second kappa shape index (κ2) is 8.66. The van der Waals surface area contributed by atoms with E-state index in [1.165, 1.54) is 36.4 Å². The van der Waals surface area contributed by atoms with Crippen molar-refractivity contribution in [3.05, 3.63) is 104 Å². The molecular weight excluding hydrogens is 442 g/mol. The molecule has 3 aromatic carbocycles. The van der Waals surface area contributed by atoms with Gasteiger partial charge in [0.15, 0.2) is 6.10 Å². The Kier molecular flexibility index (Phi) is 6.04. The molecule has 0 aromatic heterocycles. The predicted octanol–water partition coefficient (Wildman–Crippen LogP) is 4.84. The Labute approximate surface area is 173 Å². The van der Waals surface area contributed by atoms with Crippen molar-refractivity contribution in [3.63, 3.8) is 0 Å². The van der Waals surface area contributed by atoms with Crippen molar-refractivity contribution in [1.82, 2.24) is 0 Å². The number of nitrogens with zero attached hydrogens (tertiary/aromatic N) is 1. The van der Waals surface area contributed by atoms with E-state index in [1.807, 2.05) is 0 Å². The fraction of sp³-hybridized carbons (Fsp3) is 0.0476. The van der Waals surface area contributed by atoms with Gasteiger partial charge in [-0.3, -0.25) is 14.9 Å². The molecule has 3 rings (SSSR count). The van der Waals surface area contributed by atoms with Gasteiger partial charge in [0.1, 0.15) is 11.3 Å². The lowest BCUT2D eigenvalue weighted by Crippen LogP contribution is -2.20. The van der Waals surface area contributed by atoms with E-state index in [0.717, 1.165) is 0 Å². The number of non-ortho nitro benzene ring substituents is 1. The lowest BCUT2D eigenvalue weighted by atomic mass is 9.99. The number of ether oxygens (including phenoxy) is 1. The van der Waals surface area contributed by atoms with Crippen LogP contribution in [0.3, 0.4) is 0 Å². The SMILES string of the molecule is O=C(OC(C(=O)c1ccccc1)c1ccc([N+](=O)[O-])cc1)c1cc(Br)ccc1O. The summed E-state index contributed by atoms with van der Waals surface area (Å²) in [5.41, 5.74) is 0.303. The third-order valence-electron chi connectivity index (χ3n) is 4.11. The highest BCUT2D eigenvalue weighted by molar-refractivity contribution is 9.10. The summed E-state index contributed by atoms with van der Waals surface area (Å²) in [6, 6.07) is 17.6. The molecule has 29 heavy (non-hydrogen) atoms. The highest BCUT2D eigenvalue weighted by Gasteiger charge is 2.28. The van der Waals surface area contributed by atoms with Crippen LogP contribution in [0.4, 0.5) is 5.69 Å². The molecule has 146 valence electrons. The van der Waals surface area contributed by atoms with E-state index in [0.29, 0.717) is 10.0 Å². The first-order valence-corrected chi connectivity index (χ1v) is 9.19. The standard InChI is InChI=1S/C21H14BrNO6/c22-15-8-11-18(24)17(12-15)21(26)29-20(19(25)13-4-2-1-3-5-13)14-6-9-16(10-7-14)23(27)28/h1-12,20,24H. The van der Waals surface area contributed by atoms with E-state index in [2.05, 4.69) is 15.9 Å². The van der Waals surface area contributed by atoms with Crippen molar-refractivity contribution >= 4 is 33.4 Å². The van der Waals surface area contributed by atoms with Crippen LogP contribution < -0.4 is 0 Å². The first-order chi connectivity index (χ1) is 13.9. The Morgan fingerprint density at radius 2 is 1.66 bits per heavy atom. The average molecular weight is 456 g/mol. The van der Waals surface area contributed by atoms with Gasteiger partial charge in [0.05, 0.1) is 4.92 Å². The number of ketones is 1. The summed E-state index contributed by atoms with van der Waals surface area (Å²) in [7, 11) is 0. The van der Waals surface area contributed by atoms with Crippen molar-refractivity contribution < 1.29 is 24.4 Å². The molecule has 0 radical (unpaired) electrons. The molecule has 8 heteroatoms. The van der Waals surface area contributed by atoms with Gasteiger partial charge in [-0.15, -0.1) is 0 Å². The molecule has 1 atom stereocenters. The van der Waals surface area contributed by atoms with Gasteiger partial charge < -0.3 is 9.84 Å². The summed E-state index contributed by atoms with van der Waals surface area (Å²) in [6.45, 7) is 0. The Hall–Kier alpha value is -3.52. The van der Waals surface area contributed by atoms with E-state index < -0.39 is 22.8 Å². The number of nitro groups is 1. The van der Waals surface area contributed by atoms with Crippen molar-refractivity contribution in [1.29, 1.82) is 0 Å². The van der Waals surface area contributed by atoms with Crippen molar-refractivity contribution in [3.8, 4) is 5.75 Å². The van der Waals surface area contributed by atoms with E-state index in [-0.39, 0.29) is 22.6 Å². The molecule has 0 bridgehead atoms. The molecule has 0 aliphatic heterocycles. The molecule has 3 aromatic rings. The zero-order valence-corrected chi connectivity index (χ0v) is 16.4. The number of hydrogen-bond donors (Lipinski definition) is 1. The number of phenols is 1. The number of carbonyl (C=O) groups is 2. The van der Waals surface area contributed by atoms with Gasteiger partial charge in [-0.05, 0) is 30.3 Å². The summed E-state index contributed by atoms with van der Waals surface area (Å²) < 4.78 is 5.98. The van der Waals surface area contributed by atoms with E-state index in [4.69, 9.17) is 4.74 Å². The Morgan fingerprint density at radius 1 is 1.00 bits per heavy atom. The average Bonchev–Trinajstić information content (AvgIpc) is 2.73. The normalized spacial score (nSPS) is 11.5. The molecule has 7 nitrogen and oxygen atoms in total. The minimum atomic E-state index is -1.34. The van der Waals surface area contributed by atoms with Crippen LogP contribution in [0.1, 0.15) is 32.4 Å². The van der Waals surface area contributed by atoms with Crippen LogP contribution in [-0.4, -0.2) is 21.8 Å². The highest BCUT2D eigenvalue weighted by Crippen LogP contribution is 2.29. The van der Waals surface area contributed by atoms with Crippen LogP contribution in [-0.2, 0) is 4.74 Å². The third kappa shape index (κ3) is 4.67. The maximum Gasteiger partial charge on any atom is 0.343 e. The number of rotatable bonds is 6. The number of phenolic OH excluding ortho intramolecular Hbond substituents is 1. The van der Waals surface area contributed by atoms with Crippen molar-refractivity contribution in [2.24, 2.45) is 0 Å². The van der Waals surface area contributed by atoms with Crippen molar-refractivity contribution in [2.75, 3.05) is 0 Å². The number of esters is 1. The Bertz CT molecular complexity index is 1070. The van der Waals surface area contributed by atoms with Crippen LogP contribution in [0.15, 0.2) is 77.3 Å². The summed E-state index contributed by atoms with van der Waals surface area (Å²) in [6.07, 6.45) is -1.34. The molecule has 0 fully saturated rings. The summed E-state index contributed by atoms with van der Waals surface area (Å²) in [5, 5.41) is 20.9. The fourth-order valence-corrected chi connectivity index (χ4v) is 3.00. The lowest BCUT2D eigenvalue weighted by Gasteiger charge is -2.18. The summed E-state index contributed by atoms with van der Waals surface area (Å²) in [4.78, 5) is 36.0. The minimum absolute atomic E-state index is 0.118. The first-order valence-electron chi connectivity index (χ1n) is 8.40. The first kappa shape index (κ1) is 20.2. The molecule has 0 saturated carbocycles. The number of carbonyl (C=O) groups excluding carboxylic acids is 2. The predicted molar refractivity (Wildman–Crippen MR) is 108 cm³/mol. The van der Waals surface area contributed by atoms with E-state index in [1.54, 1.807) is 36.4 Å². The van der Waals surface area contributed by atoms with Gasteiger partial charge in [-0.25, -0.2) is 4.79 Å². The van der Waals surface area contributed by atoms with Gasteiger partial charge >= 0.3 is 5.97 Å². The number of benzene rings is 3. The molecule has 1 N–H and O–H groups in total. The molecule has 0 spiro atoms. The highest BCUT2D eigenvalue weighted by atomic mass is 79.9. The molecule has 0 amide bonds. The van der Waals surface area contributed by atoms with Crippen LogP contribution in [0.5, 0.6) is 5.75 Å². The quantitative estimate of drug-likeness (QED) is 0.246.